The molecule has 1 fully saturated rings. The first kappa shape index (κ1) is 12.5. The highest BCUT2D eigenvalue weighted by atomic mass is 32.1. The average molecular weight is 255 g/mol. The minimum absolute atomic E-state index is 0.409. The van der Waals surface area contributed by atoms with Gasteiger partial charge in [0.15, 0.2) is 0 Å². The Balaban J connectivity index is 1.89. The lowest BCUT2D eigenvalue weighted by Gasteiger charge is -2.35. The molecule has 0 bridgehead atoms. The van der Waals surface area contributed by atoms with Crippen LogP contribution >= 0.6 is 11.3 Å². The number of aromatic nitrogens is 1. The molecule has 5 nitrogen and oxygen atoms in total. The number of aryl methyl sites for hydroxylation is 1. The second kappa shape index (κ2) is 4.72. The summed E-state index contributed by atoms with van der Waals surface area (Å²) in [5, 5.41) is 13.0. The monoisotopic (exact) mass is 255 g/mol. The number of hydrogen-bond donors (Lipinski definition) is 2. The molecule has 1 aliphatic heterocycles. The van der Waals surface area contributed by atoms with Crippen LogP contribution in [-0.4, -0.2) is 39.6 Å². The number of amides is 1. The van der Waals surface area contributed by atoms with Gasteiger partial charge >= 0.3 is 0 Å². The largest absolute Gasteiger partial charge is 0.380 e. The first-order valence-corrected chi connectivity index (χ1v) is 6.53. The molecular weight excluding hydrogens is 238 g/mol. The highest BCUT2D eigenvalue weighted by Crippen LogP contribution is 2.23. The van der Waals surface area contributed by atoms with Crippen molar-refractivity contribution < 1.29 is 9.90 Å². The van der Waals surface area contributed by atoms with Gasteiger partial charge < -0.3 is 10.8 Å². The van der Waals surface area contributed by atoms with Crippen LogP contribution in [0.3, 0.4) is 0 Å². The van der Waals surface area contributed by atoms with E-state index in [4.69, 9.17) is 5.73 Å². The van der Waals surface area contributed by atoms with Gasteiger partial charge in [0, 0.05) is 24.2 Å². The van der Waals surface area contributed by atoms with E-state index in [9.17, 15) is 9.90 Å². The van der Waals surface area contributed by atoms with Crippen LogP contribution in [0.5, 0.6) is 0 Å². The van der Waals surface area contributed by atoms with Crippen LogP contribution in [0.2, 0.25) is 0 Å². The third kappa shape index (κ3) is 2.83. The molecule has 0 saturated carbocycles. The normalized spacial score (nSPS) is 20.4. The van der Waals surface area contributed by atoms with Gasteiger partial charge in [-0.1, -0.05) is 0 Å². The maximum atomic E-state index is 11.1. The second-order valence-corrected chi connectivity index (χ2v) is 5.50. The molecule has 0 aliphatic carbocycles. The number of aliphatic hydroxyl groups is 1. The van der Waals surface area contributed by atoms with E-state index in [1.54, 1.807) is 11.3 Å². The van der Waals surface area contributed by atoms with E-state index in [0.29, 0.717) is 25.9 Å². The van der Waals surface area contributed by atoms with Gasteiger partial charge in [-0.05, 0) is 19.8 Å². The van der Waals surface area contributed by atoms with Gasteiger partial charge in [0.05, 0.1) is 6.54 Å². The maximum absolute atomic E-state index is 11.1. The molecule has 17 heavy (non-hydrogen) atoms. The number of carbonyl (C=O) groups is 1. The van der Waals surface area contributed by atoms with Crippen molar-refractivity contribution in [3.63, 3.8) is 0 Å². The summed E-state index contributed by atoms with van der Waals surface area (Å²) >= 11 is 1.64. The average Bonchev–Trinajstić information content (AvgIpc) is 2.67. The zero-order valence-electron chi connectivity index (χ0n) is 9.85. The minimum Gasteiger partial charge on any atom is -0.380 e. The molecule has 6 heteroatoms. The van der Waals surface area contributed by atoms with Gasteiger partial charge in [-0.2, -0.15) is 0 Å². The highest BCUT2D eigenvalue weighted by Gasteiger charge is 2.37. The fourth-order valence-electron chi connectivity index (χ4n) is 1.99. The lowest BCUT2D eigenvalue weighted by molar-refractivity contribution is -0.141. The fourth-order valence-corrected chi connectivity index (χ4v) is 2.81. The van der Waals surface area contributed by atoms with Gasteiger partial charge in [-0.15, -0.1) is 11.3 Å². The van der Waals surface area contributed by atoms with Crippen molar-refractivity contribution in [2.24, 2.45) is 5.73 Å². The van der Waals surface area contributed by atoms with E-state index >= 15 is 0 Å². The standard InChI is InChI=1S/C11H17N3O2S/c1-8-7-17-9(13-8)6-14-4-2-11(16,3-5-14)10(12)15/h7,16H,2-6H2,1H3,(H2,12,15). The number of thiazole rings is 1. The Morgan fingerprint density at radius 1 is 1.65 bits per heavy atom. The molecule has 1 aromatic rings. The number of nitrogens with zero attached hydrogens (tertiary/aromatic N) is 2. The molecule has 1 aromatic heterocycles. The van der Waals surface area contributed by atoms with Crippen molar-refractivity contribution in [1.29, 1.82) is 0 Å². The SMILES string of the molecule is Cc1csc(CN2CCC(O)(C(N)=O)CC2)n1. The molecule has 2 rings (SSSR count). The molecule has 0 spiro atoms. The molecule has 94 valence electrons. The van der Waals surface area contributed by atoms with Crippen molar-refractivity contribution >= 4 is 17.2 Å². The summed E-state index contributed by atoms with van der Waals surface area (Å²) in [4.78, 5) is 17.7. The number of likely N-dealkylation sites (tertiary alicyclic amines) is 1. The van der Waals surface area contributed by atoms with Crippen LogP contribution in [0.25, 0.3) is 0 Å². The van der Waals surface area contributed by atoms with Crippen molar-refractivity contribution in [2.45, 2.75) is 31.9 Å². The topological polar surface area (TPSA) is 79.5 Å². The van der Waals surface area contributed by atoms with Crippen molar-refractivity contribution in [3.05, 3.63) is 16.1 Å². The van der Waals surface area contributed by atoms with E-state index in [0.717, 1.165) is 17.2 Å². The van der Waals surface area contributed by atoms with E-state index in [1.807, 2.05) is 12.3 Å². The van der Waals surface area contributed by atoms with Gasteiger partial charge in [-0.3, -0.25) is 9.69 Å². The second-order valence-electron chi connectivity index (χ2n) is 4.55. The Bertz CT molecular complexity index is 411. The summed E-state index contributed by atoms with van der Waals surface area (Å²) in [5.74, 6) is -0.609. The molecule has 1 amide bonds. The van der Waals surface area contributed by atoms with Crippen LogP contribution < -0.4 is 5.73 Å². The predicted octanol–water partition coefficient (Wildman–Crippen LogP) is 0.264. The number of hydrogen-bond acceptors (Lipinski definition) is 5. The highest BCUT2D eigenvalue weighted by molar-refractivity contribution is 7.09. The number of rotatable bonds is 3. The molecule has 1 aliphatic rings. The summed E-state index contributed by atoms with van der Waals surface area (Å²) in [5.41, 5.74) is 4.91. The van der Waals surface area contributed by atoms with Gasteiger partial charge in [-0.25, -0.2) is 4.98 Å². The first-order chi connectivity index (χ1) is 7.99. The molecule has 0 unspecified atom stereocenters. The Kier molecular flexibility index (Phi) is 3.46. The lowest BCUT2D eigenvalue weighted by atomic mass is 9.91. The smallest absolute Gasteiger partial charge is 0.249 e. The Labute approximate surface area is 104 Å². The van der Waals surface area contributed by atoms with E-state index in [2.05, 4.69) is 9.88 Å². The molecule has 0 atom stereocenters. The fraction of sp³-hybridized carbons (Fsp3) is 0.636. The lowest BCUT2D eigenvalue weighted by Crippen LogP contribution is -2.51. The Morgan fingerprint density at radius 3 is 2.76 bits per heavy atom. The molecule has 3 N–H and O–H groups in total. The van der Waals surface area contributed by atoms with Crippen molar-refractivity contribution in [1.82, 2.24) is 9.88 Å². The third-order valence-corrected chi connectivity index (χ3v) is 4.12. The Morgan fingerprint density at radius 2 is 2.29 bits per heavy atom. The molecule has 0 radical (unpaired) electrons. The van der Waals surface area contributed by atoms with Crippen molar-refractivity contribution in [3.8, 4) is 0 Å². The molecular formula is C11H17N3O2S. The first-order valence-electron chi connectivity index (χ1n) is 5.65. The van der Waals surface area contributed by atoms with E-state index in [-0.39, 0.29) is 0 Å². The molecule has 0 aromatic carbocycles. The van der Waals surface area contributed by atoms with Crippen LogP contribution in [0.1, 0.15) is 23.5 Å². The maximum Gasteiger partial charge on any atom is 0.249 e. The zero-order chi connectivity index (χ0) is 12.5. The van der Waals surface area contributed by atoms with Gasteiger partial charge in [0.2, 0.25) is 5.91 Å². The van der Waals surface area contributed by atoms with E-state index in [1.165, 1.54) is 0 Å². The predicted molar refractivity (Wildman–Crippen MR) is 65.5 cm³/mol. The Hall–Kier alpha value is -0.980. The van der Waals surface area contributed by atoms with Crippen LogP contribution in [0.15, 0.2) is 5.38 Å². The van der Waals surface area contributed by atoms with Crippen molar-refractivity contribution in [2.75, 3.05) is 13.1 Å². The zero-order valence-corrected chi connectivity index (χ0v) is 10.7. The molecule has 2 heterocycles. The summed E-state index contributed by atoms with van der Waals surface area (Å²) in [6.45, 7) is 4.12. The van der Waals surface area contributed by atoms with Crippen LogP contribution in [0, 0.1) is 6.92 Å². The number of piperidine rings is 1. The van der Waals surface area contributed by atoms with Crippen LogP contribution in [0.4, 0.5) is 0 Å². The number of nitrogens with two attached hydrogens (primary N) is 1. The summed E-state index contributed by atoms with van der Waals surface area (Å²) in [7, 11) is 0. The van der Waals surface area contributed by atoms with Gasteiger partial charge in [0.25, 0.3) is 0 Å². The molecule has 1 saturated heterocycles. The minimum atomic E-state index is -1.31. The third-order valence-electron chi connectivity index (χ3n) is 3.17. The van der Waals surface area contributed by atoms with Gasteiger partial charge in [0.1, 0.15) is 10.6 Å². The summed E-state index contributed by atoms with van der Waals surface area (Å²) in [6.07, 6.45) is 0.819. The number of primary amides is 1. The van der Waals surface area contributed by atoms with Crippen LogP contribution in [-0.2, 0) is 11.3 Å². The summed E-state index contributed by atoms with van der Waals surface area (Å²) < 4.78 is 0. The summed E-state index contributed by atoms with van der Waals surface area (Å²) in [6, 6.07) is 0. The number of carbonyl (C=O) groups excluding carboxylic acids is 1. The quantitative estimate of drug-likeness (QED) is 0.812. The van der Waals surface area contributed by atoms with E-state index < -0.39 is 11.5 Å².